The molecule has 0 spiro atoms. The molecule has 1 heterocycles. The molecule has 0 saturated carbocycles. The Morgan fingerprint density at radius 1 is 1.20 bits per heavy atom. The molecule has 0 unspecified atom stereocenters. The molecule has 2 rings (SSSR count). The summed E-state index contributed by atoms with van der Waals surface area (Å²) in [6, 6.07) is 8.92. The summed E-state index contributed by atoms with van der Waals surface area (Å²) in [5.74, 6) is 0. The van der Waals surface area contributed by atoms with Crippen LogP contribution in [0, 0.1) is 0 Å². The average molecular weight is 272 g/mol. The first-order valence-electron chi connectivity index (χ1n) is 7.21. The zero-order valence-corrected chi connectivity index (χ0v) is 12.6. The Balaban J connectivity index is 2.17. The van der Waals surface area contributed by atoms with Gasteiger partial charge in [0.15, 0.2) is 0 Å². The highest BCUT2D eigenvalue weighted by Crippen LogP contribution is 2.20. The SMILES string of the molecule is CCn1cc(CN(c2ccc(CN)cc2)C(C)C)cn1. The summed E-state index contributed by atoms with van der Waals surface area (Å²) in [4.78, 5) is 2.37. The molecule has 0 fully saturated rings. The standard InChI is InChI=1S/C16H24N4/c1-4-19-11-15(10-18-19)12-20(13(2)3)16-7-5-14(9-17)6-8-16/h5-8,10-11,13H,4,9,12,17H2,1-3H3. The monoisotopic (exact) mass is 272 g/mol. The summed E-state index contributed by atoms with van der Waals surface area (Å²) in [5.41, 5.74) is 9.28. The molecule has 108 valence electrons. The maximum atomic E-state index is 5.65. The summed E-state index contributed by atoms with van der Waals surface area (Å²) in [5, 5.41) is 4.34. The van der Waals surface area contributed by atoms with Gasteiger partial charge >= 0.3 is 0 Å². The third-order valence-electron chi connectivity index (χ3n) is 3.49. The lowest BCUT2D eigenvalue weighted by atomic mass is 10.1. The van der Waals surface area contributed by atoms with Crippen LogP contribution in [0.4, 0.5) is 5.69 Å². The molecule has 2 aromatic rings. The van der Waals surface area contributed by atoms with Gasteiger partial charge in [-0.05, 0) is 38.5 Å². The number of anilines is 1. The molecule has 0 saturated heterocycles. The third-order valence-corrected chi connectivity index (χ3v) is 3.49. The van der Waals surface area contributed by atoms with E-state index >= 15 is 0 Å². The normalized spacial score (nSPS) is 11.1. The number of benzene rings is 1. The topological polar surface area (TPSA) is 47.1 Å². The lowest BCUT2D eigenvalue weighted by Gasteiger charge is -2.28. The van der Waals surface area contributed by atoms with Crippen molar-refractivity contribution in [1.82, 2.24) is 9.78 Å². The largest absolute Gasteiger partial charge is 0.365 e. The fourth-order valence-corrected chi connectivity index (χ4v) is 2.25. The summed E-state index contributed by atoms with van der Waals surface area (Å²) >= 11 is 0. The van der Waals surface area contributed by atoms with Crippen molar-refractivity contribution in [1.29, 1.82) is 0 Å². The van der Waals surface area contributed by atoms with Crippen LogP contribution in [0.5, 0.6) is 0 Å². The van der Waals surface area contributed by atoms with Gasteiger partial charge in [-0.2, -0.15) is 5.10 Å². The van der Waals surface area contributed by atoms with Crippen LogP contribution in [0.15, 0.2) is 36.7 Å². The van der Waals surface area contributed by atoms with Gasteiger partial charge in [0.1, 0.15) is 0 Å². The average Bonchev–Trinajstić information content (AvgIpc) is 2.92. The van der Waals surface area contributed by atoms with Crippen molar-refractivity contribution in [2.24, 2.45) is 5.73 Å². The van der Waals surface area contributed by atoms with Gasteiger partial charge < -0.3 is 10.6 Å². The molecule has 4 nitrogen and oxygen atoms in total. The highest BCUT2D eigenvalue weighted by molar-refractivity contribution is 5.48. The van der Waals surface area contributed by atoms with E-state index in [0.29, 0.717) is 12.6 Å². The van der Waals surface area contributed by atoms with Crippen molar-refractivity contribution < 1.29 is 0 Å². The Morgan fingerprint density at radius 2 is 1.90 bits per heavy atom. The Bertz CT molecular complexity index is 528. The smallest absolute Gasteiger partial charge is 0.0539 e. The zero-order valence-electron chi connectivity index (χ0n) is 12.6. The van der Waals surface area contributed by atoms with E-state index in [2.05, 4.69) is 61.2 Å². The van der Waals surface area contributed by atoms with Crippen molar-refractivity contribution in [2.75, 3.05) is 4.90 Å². The van der Waals surface area contributed by atoms with Crippen LogP contribution in [0.1, 0.15) is 31.9 Å². The van der Waals surface area contributed by atoms with Gasteiger partial charge in [-0.25, -0.2) is 0 Å². The molecule has 0 aliphatic heterocycles. The maximum Gasteiger partial charge on any atom is 0.0539 e. The molecule has 4 heteroatoms. The quantitative estimate of drug-likeness (QED) is 0.879. The minimum absolute atomic E-state index is 0.434. The zero-order chi connectivity index (χ0) is 14.5. The molecule has 0 atom stereocenters. The first-order valence-corrected chi connectivity index (χ1v) is 7.21. The molecule has 0 aliphatic rings. The van der Waals surface area contributed by atoms with E-state index in [1.54, 1.807) is 0 Å². The lowest BCUT2D eigenvalue weighted by Crippen LogP contribution is -2.29. The van der Waals surface area contributed by atoms with Crippen LogP contribution in [0.25, 0.3) is 0 Å². The molecule has 0 aliphatic carbocycles. The van der Waals surface area contributed by atoms with Crippen LogP contribution in [-0.4, -0.2) is 15.8 Å². The summed E-state index contributed by atoms with van der Waals surface area (Å²) in [6.07, 6.45) is 4.07. The van der Waals surface area contributed by atoms with Gasteiger partial charge in [-0.15, -0.1) is 0 Å². The van der Waals surface area contributed by atoms with Gasteiger partial charge in [0.05, 0.1) is 6.20 Å². The minimum Gasteiger partial charge on any atom is -0.365 e. The second-order valence-electron chi connectivity index (χ2n) is 5.30. The van der Waals surface area contributed by atoms with E-state index in [-0.39, 0.29) is 0 Å². The predicted molar refractivity (Wildman–Crippen MR) is 83.6 cm³/mol. The second-order valence-corrected chi connectivity index (χ2v) is 5.30. The molecule has 1 aromatic heterocycles. The van der Waals surface area contributed by atoms with Crippen molar-refractivity contribution in [3.63, 3.8) is 0 Å². The van der Waals surface area contributed by atoms with Gasteiger partial charge in [0.25, 0.3) is 0 Å². The fourth-order valence-electron chi connectivity index (χ4n) is 2.25. The molecular weight excluding hydrogens is 248 g/mol. The highest BCUT2D eigenvalue weighted by atomic mass is 15.3. The second kappa shape index (κ2) is 6.57. The summed E-state index contributed by atoms with van der Waals surface area (Å²) in [6.45, 7) is 8.89. The van der Waals surface area contributed by atoms with Crippen molar-refractivity contribution in [3.8, 4) is 0 Å². The Morgan fingerprint density at radius 3 is 2.40 bits per heavy atom. The van der Waals surface area contributed by atoms with E-state index in [9.17, 15) is 0 Å². The van der Waals surface area contributed by atoms with Gasteiger partial charge in [-0.3, -0.25) is 4.68 Å². The Hall–Kier alpha value is -1.81. The molecule has 0 radical (unpaired) electrons. The molecule has 0 amide bonds. The first-order chi connectivity index (χ1) is 9.63. The van der Waals surface area contributed by atoms with E-state index in [0.717, 1.165) is 18.7 Å². The van der Waals surface area contributed by atoms with E-state index < -0.39 is 0 Å². The van der Waals surface area contributed by atoms with Crippen molar-refractivity contribution >= 4 is 5.69 Å². The van der Waals surface area contributed by atoms with Crippen LogP contribution in [0.3, 0.4) is 0 Å². The fraction of sp³-hybridized carbons (Fsp3) is 0.438. The van der Waals surface area contributed by atoms with Crippen LogP contribution >= 0.6 is 0 Å². The van der Waals surface area contributed by atoms with E-state index in [1.165, 1.54) is 11.3 Å². The van der Waals surface area contributed by atoms with Gasteiger partial charge in [0.2, 0.25) is 0 Å². The molecule has 2 N–H and O–H groups in total. The van der Waals surface area contributed by atoms with E-state index in [1.807, 2.05) is 10.9 Å². The van der Waals surface area contributed by atoms with Crippen molar-refractivity contribution in [3.05, 3.63) is 47.8 Å². The highest BCUT2D eigenvalue weighted by Gasteiger charge is 2.12. The van der Waals surface area contributed by atoms with Gasteiger partial charge in [-0.1, -0.05) is 12.1 Å². The van der Waals surface area contributed by atoms with Crippen LogP contribution in [0.2, 0.25) is 0 Å². The maximum absolute atomic E-state index is 5.65. The Labute approximate surface area is 121 Å². The predicted octanol–water partition coefficient (Wildman–Crippen LogP) is 2.78. The van der Waals surface area contributed by atoms with E-state index in [4.69, 9.17) is 5.73 Å². The number of nitrogens with two attached hydrogens (primary N) is 1. The molecule has 1 aromatic carbocycles. The number of rotatable bonds is 6. The van der Waals surface area contributed by atoms with Gasteiger partial charge in [0, 0.05) is 43.1 Å². The van der Waals surface area contributed by atoms with Crippen molar-refractivity contribution in [2.45, 2.75) is 46.4 Å². The number of hydrogen-bond acceptors (Lipinski definition) is 3. The summed E-state index contributed by atoms with van der Waals surface area (Å²) in [7, 11) is 0. The molecule has 0 bridgehead atoms. The Kier molecular flexibility index (Phi) is 4.79. The van der Waals surface area contributed by atoms with Crippen LogP contribution in [-0.2, 0) is 19.6 Å². The number of aryl methyl sites for hydroxylation is 1. The molecule has 20 heavy (non-hydrogen) atoms. The number of nitrogens with zero attached hydrogens (tertiary/aromatic N) is 3. The minimum atomic E-state index is 0.434. The summed E-state index contributed by atoms with van der Waals surface area (Å²) < 4.78 is 1.96. The van der Waals surface area contributed by atoms with Crippen LogP contribution < -0.4 is 10.6 Å². The number of aromatic nitrogens is 2. The number of hydrogen-bond donors (Lipinski definition) is 1. The third kappa shape index (κ3) is 3.39. The molecular formula is C16H24N4. The lowest BCUT2D eigenvalue weighted by molar-refractivity contribution is 0.656. The first kappa shape index (κ1) is 14.6.